The van der Waals surface area contributed by atoms with Crippen molar-refractivity contribution in [1.82, 2.24) is 29.9 Å². The Morgan fingerprint density at radius 3 is 0.915 bits per heavy atom. The van der Waals surface area contributed by atoms with Crippen molar-refractivity contribution in [3.63, 3.8) is 0 Å². The molecule has 17 heteroatoms. The second-order valence-electron chi connectivity index (χ2n) is 16.6. The Morgan fingerprint density at radius 2 is 0.606 bits per heavy atom. The van der Waals surface area contributed by atoms with Gasteiger partial charge < -0.3 is 10.0 Å². The Balaban J connectivity index is 0.000000121. The summed E-state index contributed by atoms with van der Waals surface area (Å²) in [6, 6.07) is 52.8. The molecule has 0 radical (unpaired) electrons. The number of hydrogen-bond donors (Lipinski definition) is 1. The molecule has 332 valence electrons. The van der Waals surface area contributed by atoms with Gasteiger partial charge in [-0.15, -0.1) is 0 Å². The molecule has 0 spiro atoms. The first-order chi connectivity index (χ1) is 33.0. The zero-order valence-electron chi connectivity index (χ0n) is 37.6. The van der Waals surface area contributed by atoms with Crippen LogP contribution in [0.4, 0.5) is 0 Å². The Kier molecular flexibility index (Phi) is 12.2. The van der Waals surface area contributed by atoms with Crippen LogP contribution in [0.25, 0.3) is 133 Å². The molecule has 0 unspecified atom stereocenters. The van der Waals surface area contributed by atoms with Crippen molar-refractivity contribution in [2.24, 2.45) is 0 Å². The van der Waals surface area contributed by atoms with Crippen molar-refractivity contribution in [2.75, 3.05) is 0 Å². The molecule has 0 fully saturated rings. The second-order valence-corrected chi connectivity index (χ2v) is 19.4. The summed E-state index contributed by atoms with van der Waals surface area (Å²) in [7, 11) is -8.84. The number of aromatic nitrogens is 6. The van der Waals surface area contributed by atoms with E-state index < -0.39 is 20.2 Å². The van der Waals surface area contributed by atoms with E-state index >= 15 is 0 Å². The Morgan fingerprint density at radius 1 is 0.338 bits per heavy atom. The fraction of sp³-hybridized carbons (Fsp3) is 0. The van der Waals surface area contributed by atoms with Crippen molar-refractivity contribution in [1.29, 1.82) is 0 Å². The van der Waals surface area contributed by atoms with E-state index in [0.29, 0.717) is 27.9 Å². The zero-order chi connectivity index (χ0) is 46.1. The average molecular weight is 985 g/mol. The average Bonchev–Trinajstić information content (AvgIpc) is 3.96. The molecule has 0 aliphatic heterocycles. The van der Waals surface area contributed by atoms with Gasteiger partial charge in [0.05, 0.1) is 77.1 Å². The molecule has 0 saturated heterocycles. The van der Waals surface area contributed by atoms with Crippen LogP contribution in [0.1, 0.15) is 0 Å². The van der Waals surface area contributed by atoms with Gasteiger partial charge in [-0.25, -0.2) is 38.3 Å². The van der Waals surface area contributed by atoms with Crippen LogP contribution in [0.15, 0.2) is 180 Å². The Labute approximate surface area is 449 Å². The molecule has 3 heterocycles. The minimum absolute atomic E-state index is 0. The van der Waals surface area contributed by atoms with Gasteiger partial charge in [-0.2, -0.15) is 8.42 Å². The normalized spacial score (nSPS) is 12.0. The quantitative estimate of drug-likeness (QED) is 0.173. The summed E-state index contributed by atoms with van der Waals surface area (Å²) in [5, 5.41) is 5.76. The molecule has 0 amide bonds. The molecule has 12 aromatic rings. The topological polar surface area (TPSA) is 219 Å². The van der Waals surface area contributed by atoms with Crippen LogP contribution in [0.3, 0.4) is 0 Å². The van der Waals surface area contributed by atoms with E-state index in [-0.39, 0.29) is 74.4 Å². The number of rotatable bonds is 2. The molecule has 15 rings (SSSR count). The SMILES string of the molecule is O=S(=O)(O)c1cc2c3c(cccc3c1)-c1nc3ccccc3nc1-2.O=S(=O)([O-])c1cc2c3c(cccc3c1)-c1nc3ccccc3nc1-2.[Na+].[Na+].[OH-].c1cc2c3c(cccc3c1)-c1nc3ccccc3nc1-2. The van der Waals surface area contributed by atoms with Gasteiger partial charge in [-0.05, 0) is 76.8 Å². The fourth-order valence-corrected chi connectivity index (χ4v) is 10.8. The molecule has 3 aliphatic rings. The summed E-state index contributed by atoms with van der Waals surface area (Å²) in [6.07, 6.45) is 0. The third-order valence-electron chi connectivity index (χ3n) is 12.6. The summed E-state index contributed by atoms with van der Waals surface area (Å²) in [4.78, 5) is 28.0. The Bertz CT molecular complexity index is 4210. The van der Waals surface area contributed by atoms with Gasteiger partial charge in [0.25, 0.3) is 10.1 Å². The molecule has 3 aromatic heterocycles. The first-order valence-corrected chi connectivity index (χ1v) is 24.2. The van der Waals surface area contributed by atoms with Crippen LogP contribution in [0.5, 0.6) is 0 Å². The number of benzene rings is 9. The monoisotopic (exact) mass is 984 g/mol. The summed E-state index contributed by atoms with van der Waals surface area (Å²) >= 11 is 0. The smallest absolute Gasteiger partial charge is 0.870 e. The summed E-state index contributed by atoms with van der Waals surface area (Å²) in [6.45, 7) is 0. The van der Waals surface area contributed by atoms with Gasteiger partial charge >= 0.3 is 59.1 Å². The molecule has 9 aromatic carbocycles. The van der Waals surface area contributed by atoms with E-state index in [1.165, 1.54) is 46.2 Å². The van der Waals surface area contributed by atoms with Crippen molar-refractivity contribution in [3.05, 3.63) is 170 Å². The van der Waals surface area contributed by atoms with Crippen molar-refractivity contribution < 1.29 is 90.5 Å². The van der Waals surface area contributed by atoms with E-state index in [0.717, 1.165) is 83.2 Å². The molecular formula is C54H30N6Na2O7S2. The maximum Gasteiger partial charge on any atom is 1.00 e. The predicted molar refractivity (Wildman–Crippen MR) is 264 cm³/mol. The van der Waals surface area contributed by atoms with Crippen LogP contribution in [-0.4, -0.2) is 61.3 Å². The van der Waals surface area contributed by atoms with E-state index in [9.17, 15) is 25.9 Å². The molecular weight excluding hydrogens is 955 g/mol. The molecule has 3 aliphatic carbocycles. The standard InChI is InChI=1S/2C18H10N2O3S.C18H10N2.2Na.H2O/c2*21-24(22,23)11-8-10-4-3-5-12-16(10)13(9-11)18-17(12)19-14-6-1-2-7-15(14)20-18;1-2-10-15-14(9-1)19-17-12-7-3-5-11-6-4-8-13(16(11)12)18(17)20-15;;;/h2*1-9H,(H,21,22,23);1-10H;;;1H2/q;;;2*+1;/p-2. The first kappa shape index (κ1) is 48.2. The van der Waals surface area contributed by atoms with Crippen LogP contribution in [-0.2, 0) is 20.2 Å². The first-order valence-electron chi connectivity index (χ1n) is 21.4. The maximum absolute atomic E-state index is 11.6. The largest absolute Gasteiger partial charge is 1.00 e. The predicted octanol–water partition coefficient (Wildman–Crippen LogP) is 5.27. The minimum atomic E-state index is -4.55. The number of nitrogens with zero attached hydrogens (tertiary/aromatic N) is 6. The molecule has 2 N–H and O–H groups in total. The second kappa shape index (κ2) is 18.0. The van der Waals surface area contributed by atoms with E-state index in [2.05, 4.69) is 46.4 Å². The van der Waals surface area contributed by atoms with Crippen molar-refractivity contribution in [2.45, 2.75) is 9.79 Å². The summed E-state index contributed by atoms with van der Waals surface area (Å²) in [5.41, 5.74) is 15.2. The minimum Gasteiger partial charge on any atom is -0.870 e. The maximum atomic E-state index is 11.6. The third kappa shape index (κ3) is 7.90. The summed E-state index contributed by atoms with van der Waals surface area (Å²) < 4.78 is 67.1. The van der Waals surface area contributed by atoms with Gasteiger partial charge in [-0.3, -0.25) is 4.55 Å². The van der Waals surface area contributed by atoms with Crippen molar-refractivity contribution in [3.8, 4) is 67.5 Å². The molecule has 0 bridgehead atoms. The zero-order valence-corrected chi connectivity index (χ0v) is 43.2. The number of para-hydroxylation sites is 6. The van der Waals surface area contributed by atoms with Gasteiger partial charge in [-0.1, -0.05) is 109 Å². The molecule has 71 heavy (non-hydrogen) atoms. The Hall–Kier alpha value is -6.44. The van der Waals surface area contributed by atoms with Crippen molar-refractivity contribution >= 4 is 85.7 Å². The van der Waals surface area contributed by atoms with Crippen LogP contribution < -0.4 is 59.1 Å². The van der Waals surface area contributed by atoms with Gasteiger partial charge in [0.1, 0.15) is 10.1 Å². The third-order valence-corrected chi connectivity index (χ3v) is 14.3. The van der Waals surface area contributed by atoms with Crippen LogP contribution >= 0.6 is 0 Å². The fourth-order valence-electron chi connectivity index (χ4n) is 9.72. The van der Waals surface area contributed by atoms with E-state index in [4.69, 9.17) is 19.9 Å². The molecule has 13 nitrogen and oxygen atoms in total. The van der Waals surface area contributed by atoms with Crippen LogP contribution in [0, 0.1) is 0 Å². The number of fused-ring (bicyclic) bond motifs is 12. The number of hydrogen-bond acceptors (Lipinski definition) is 12. The van der Waals surface area contributed by atoms with Crippen LogP contribution in [0.2, 0.25) is 0 Å². The van der Waals surface area contributed by atoms with Gasteiger partial charge in [0.2, 0.25) is 0 Å². The molecule has 0 saturated carbocycles. The van der Waals surface area contributed by atoms with Gasteiger partial charge in [0.15, 0.2) is 0 Å². The van der Waals surface area contributed by atoms with Gasteiger partial charge in [0, 0.05) is 49.5 Å². The van der Waals surface area contributed by atoms with E-state index in [1.54, 1.807) is 6.07 Å². The van der Waals surface area contributed by atoms with E-state index in [1.807, 2.05) is 103 Å². The summed E-state index contributed by atoms with van der Waals surface area (Å²) in [5.74, 6) is 0. The molecule has 0 atom stereocenters.